The highest BCUT2D eigenvalue weighted by molar-refractivity contribution is 5.80. The van der Waals surface area contributed by atoms with Crippen LogP contribution in [0.4, 0.5) is 4.79 Å². The van der Waals surface area contributed by atoms with Gasteiger partial charge in [-0.15, -0.1) is 0 Å². The molecular formula is C20H25N3O5. The molecule has 8 nitrogen and oxygen atoms in total. The van der Waals surface area contributed by atoms with Gasteiger partial charge in [0, 0.05) is 6.04 Å². The van der Waals surface area contributed by atoms with Gasteiger partial charge in [-0.1, -0.05) is 12.1 Å². The first kappa shape index (κ1) is 19.9. The van der Waals surface area contributed by atoms with Crippen molar-refractivity contribution in [1.82, 2.24) is 14.9 Å². The molecule has 3 rings (SSSR count). The van der Waals surface area contributed by atoms with Gasteiger partial charge in [-0.25, -0.2) is 9.78 Å². The van der Waals surface area contributed by atoms with Crippen LogP contribution < -0.4 is 10.9 Å². The molecule has 0 radical (unpaired) electrons. The van der Waals surface area contributed by atoms with Gasteiger partial charge in [-0.05, 0) is 51.2 Å². The van der Waals surface area contributed by atoms with E-state index in [9.17, 15) is 14.4 Å². The van der Waals surface area contributed by atoms with Crippen LogP contribution in [0.15, 0.2) is 29.3 Å². The van der Waals surface area contributed by atoms with Gasteiger partial charge in [0.05, 0.1) is 23.8 Å². The van der Waals surface area contributed by atoms with Gasteiger partial charge in [-0.2, -0.15) is 0 Å². The summed E-state index contributed by atoms with van der Waals surface area (Å²) in [4.78, 5) is 40.6. The molecule has 1 amide bonds. The van der Waals surface area contributed by atoms with Crippen LogP contribution in [0, 0.1) is 6.92 Å². The summed E-state index contributed by atoms with van der Waals surface area (Å²) < 4.78 is 11.7. The number of aryl methyl sites for hydroxylation is 1. The molecule has 0 atom stereocenters. The molecule has 1 fully saturated rings. The first-order valence-electron chi connectivity index (χ1n) is 9.55. The minimum atomic E-state index is -0.460. The first-order valence-corrected chi connectivity index (χ1v) is 9.55. The second kappa shape index (κ2) is 8.86. The fraction of sp³-hybridized carbons (Fsp3) is 0.500. The number of esters is 1. The van der Waals surface area contributed by atoms with Crippen molar-refractivity contribution in [2.45, 2.75) is 58.2 Å². The summed E-state index contributed by atoms with van der Waals surface area (Å²) in [7, 11) is 0. The van der Waals surface area contributed by atoms with E-state index in [-0.39, 0.29) is 24.2 Å². The average Bonchev–Trinajstić information content (AvgIpc) is 2.66. The lowest BCUT2D eigenvalue weighted by Gasteiger charge is -2.28. The van der Waals surface area contributed by atoms with E-state index >= 15 is 0 Å². The van der Waals surface area contributed by atoms with Crippen molar-refractivity contribution in [2.24, 2.45) is 0 Å². The summed E-state index contributed by atoms with van der Waals surface area (Å²) in [6.07, 6.45) is 3.51. The largest absolute Gasteiger partial charge is 0.461 e. The number of carbonyl (C=O) groups excluding carboxylic acids is 2. The third kappa shape index (κ3) is 4.68. The second-order valence-electron chi connectivity index (χ2n) is 6.98. The smallest absolute Gasteiger partial charge is 0.407 e. The normalized spacial score (nSPS) is 19.2. The Labute approximate surface area is 162 Å². The summed E-state index contributed by atoms with van der Waals surface area (Å²) >= 11 is 0. The van der Waals surface area contributed by atoms with Crippen LogP contribution in [0.3, 0.4) is 0 Å². The van der Waals surface area contributed by atoms with Crippen LogP contribution in [0.1, 0.15) is 38.2 Å². The number of nitrogens with zero attached hydrogens (tertiary/aromatic N) is 2. The molecule has 150 valence electrons. The molecule has 1 aromatic heterocycles. The van der Waals surface area contributed by atoms with Crippen LogP contribution in [-0.2, 0) is 20.8 Å². The number of para-hydroxylation sites is 1. The predicted molar refractivity (Wildman–Crippen MR) is 103 cm³/mol. The number of hydrogen-bond acceptors (Lipinski definition) is 6. The number of nitrogens with one attached hydrogen (secondary N) is 1. The molecule has 28 heavy (non-hydrogen) atoms. The molecular weight excluding hydrogens is 362 g/mol. The highest BCUT2D eigenvalue weighted by Crippen LogP contribution is 2.21. The Morgan fingerprint density at radius 3 is 2.71 bits per heavy atom. The number of fused-ring (bicyclic) bond motifs is 1. The minimum Gasteiger partial charge on any atom is -0.461 e. The van der Waals surface area contributed by atoms with Crippen molar-refractivity contribution in [3.05, 3.63) is 40.4 Å². The van der Waals surface area contributed by atoms with E-state index in [1.807, 2.05) is 13.0 Å². The fourth-order valence-electron chi connectivity index (χ4n) is 3.48. The monoisotopic (exact) mass is 387 g/mol. The molecule has 0 spiro atoms. The SMILES string of the molecule is CCOC(=O)NC1CCC(OC(=O)Cn2cnc3c(C)cccc3c2=O)CC1. The number of alkyl carbamates (subject to hydrolysis) is 1. The highest BCUT2D eigenvalue weighted by atomic mass is 16.5. The summed E-state index contributed by atoms with van der Waals surface area (Å²) in [6, 6.07) is 5.42. The third-order valence-corrected chi connectivity index (χ3v) is 4.92. The number of rotatable bonds is 5. The van der Waals surface area contributed by atoms with Gasteiger partial charge >= 0.3 is 12.1 Å². The number of carbonyl (C=O) groups is 2. The molecule has 0 aliphatic heterocycles. The lowest BCUT2D eigenvalue weighted by Crippen LogP contribution is -2.40. The van der Waals surface area contributed by atoms with E-state index < -0.39 is 12.1 Å². The van der Waals surface area contributed by atoms with E-state index in [1.165, 1.54) is 10.9 Å². The molecule has 1 N–H and O–H groups in total. The Balaban J connectivity index is 1.54. The summed E-state index contributed by atoms with van der Waals surface area (Å²) in [6.45, 7) is 3.81. The Bertz CT molecular complexity index is 916. The Morgan fingerprint density at radius 1 is 1.25 bits per heavy atom. The van der Waals surface area contributed by atoms with Crippen molar-refractivity contribution < 1.29 is 19.1 Å². The first-order chi connectivity index (χ1) is 13.5. The molecule has 1 heterocycles. The molecule has 0 unspecified atom stereocenters. The average molecular weight is 387 g/mol. The Morgan fingerprint density at radius 2 is 2.00 bits per heavy atom. The molecule has 0 bridgehead atoms. The summed E-state index contributed by atoms with van der Waals surface area (Å²) in [5, 5.41) is 3.29. The van der Waals surface area contributed by atoms with Crippen molar-refractivity contribution >= 4 is 23.0 Å². The van der Waals surface area contributed by atoms with Gasteiger partial charge in [0.15, 0.2) is 0 Å². The van der Waals surface area contributed by atoms with Crippen molar-refractivity contribution in [3.8, 4) is 0 Å². The maximum absolute atomic E-state index is 12.6. The van der Waals surface area contributed by atoms with Crippen molar-refractivity contribution in [2.75, 3.05) is 6.61 Å². The molecule has 0 saturated heterocycles. The lowest BCUT2D eigenvalue weighted by atomic mass is 9.93. The van der Waals surface area contributed by atoms with Crippen LogP contribution >= 0.6 is 0 Å². The van der Waals surface area contributed by atoms with Gasteiger partial charge in [0.1, 0.15) is 12.6 Å². The van der Waals surface area contributed by atoms with Gasteiger partial charge in [0.2, 0.25) is 0 Å². The minimum absolute atomic E-state index is 0.0320. The van der Waals surface area contributed by atoms with Crippen molar-refractivity contribution in [1.29, 1.82) is 0 Å². The maximum Gasteiger partial charge on any atom is 0.407 e. The van der Waals surface area contributed by atoms with E-state index in [2.05, 4.69) is 10.3 Å². The third-order valence-electron chi connectivity index (χ3n) is 4.92. The van der Waals surface area contributed by atoms with Gasteiger partial charge < -0.3 is 14.8 Å². The molecule has 1 aromatic carbocycles. The van der Waals surface area contributed by atoms with Gasteiger partial charge in [-0.3, -0.25) is 14.2 Å². The second-order valence-corrected chi connectivity index (χ2v) is 6.98. The van der Waals surface area contributed by atoms with E-state index in [0.717, 1.165) is 5.56 Å². The molecule has 1 aliphatic rings. The Kier molecular flexibility index (Phi) is 6.28. The molecule has 1 aliphatic carbocycles. The van der Waals surface area contributed by atoms with Crippen LogP contribution in [0.5, 0.6) is 0 Å². The Hall–Kier alpha value is -2.90. The summed E-state index contributed by atoms with van der Waals surface area (Å²) in [5.41, 5.74) is 1.30. The number of amides is 1. The number of ether oxygens (including phenoxy) is 2. The fourth-order valence-corrected chi connectivity index (χ4v) is 3.48. The lowest BCUT2D eigenvalue weighted by molar-refractivity contribution is -0.151. The number of benzene rings is 1. The summed E-state index contributed by atoms with van der Waals surface area (Å²) in [5.74, 6) is -0.460. The van der Waals surface area contributed by atoms with Crippen LogP contribution in [-0.4, -0.2) is 40.4 Å². The van der Waals surface area contributed by atoms with E-state index in [4.69, 9.17) is 9.47 Å². The van der Waals surface area contributed by atoms with Crippen LogP contribution in [0.2, 0.25) is 0 Å². The molecule has 2 aromatic rings. The standard InChI is InChI=1S/C20H25N3O5/c1-3-27-20(26)22-14-7-9-15(10-8-14)28-17(24)11-23-12-21-18-13(2)5-4-6-16(18)19(23)25/h4-6,12,14-15H,3,7-11H2,1-2H3,(H,22,26). The zero-order valence-corrected chi connectivity index (χ0v) is 16.1. The topological polar surface area (TPSA) is 99.5 Å². The van der Waals surface area contributed by atoms with Crippen molar-refractivity contribution in [3.63, 3.8) is 0 Å². The zero-order chi connectivity index (χ0) is 20.1. The molecule has 8 heteroatoms. The maximum atomic E-state index is 12.6. The predicted octanol–water partition coefficient (Wildman–Crippen LogP) is 2.31. The number of hydrogen-bond donors (Lipinski definition) is 1. The molecule has 1 saturated carbocycles. The van der Waals surface area contributed by atoms with Crippen LogP contribution in [0.25, 0.3) is 10.9 Å². The van der Waals surface area contributed by atoms with E-state index in [1.54, 1.807) is 19.1 Å². The van der Waals surface area contributed by atoms with E-state index in [0.29, 0.717) is 43.2 Å². The van der Waals surface area contributed by atoms with Gasteiger partial charge in [0.25, 0.3) is 5.56 Å². The highest BCUT2D eigenvalue weighted by Gasteiger charge is 2.25. The zero-order valence-electron chi connectivity index (χ0n) is 16.1. The number of aromatic nitrogens is 2. The quantitative estimate of drug-likeness (QED) is 0.791.